The van der Waals surface area contributed by atoms with Gasteiger partial charge in [-0.1, -0.05) is 35.3 Å². The summed E-state index contributed by atoms with van der Waals surface area (Å²) >= 11 is 12.2. The second-order valence-corrected chi connectivity index (χ2v) is 10.5. The van der Waals surface area contributed by atoms with Gasteiger partial charge in [0.15, 0.2) is 6.19 Å². The van der Waals surface area contributed by atoms with Crippen molar-refractivity contribution in [3.05, 3.63) is 63.1 Å². The first-order valence-electron chi connectivity index (χ1n) is 13.3. The molecule has 1 unspecified atom stereocenters. The second-order valence-electron chi connectivity index (χ2n) is 9.73. The van der Waals surface area contributed by atoms with E-state index in [1.807, 2.05) is 0 Å². The highest BCUT2D eigenvalue weighted by Crippen LogP contribution is 2.33. The van der Waals surface area contributed by atoms with Crippen molar-refractivity contribution >= 4 is 46.5 Å². The second kappa shape index (κ2) is 15.2. The van der Waals surface area contributed by atoms with E-state index in [4.69, 9.17) is 28.6 Å². The van der Waals surface area contributed by atoms with Crippen molar-refractivity contribution in [3.8, 4) is 6.19 Å². The van der Waals surface area contributed by atoms with E-state index in [-0.39, 0.29) is 42.0 Å². The molecule has 42 heavy (non-hydrogen) atoms. The topological polar surface area (TPSA) is 128 Å². The van der Waals surface area contributed by atoms with E-state index >= 15 is 0 Å². The Kier molecular flexibility index (Phi) is 12.0. The average molecular weight is 627 g/mol. The molecule has 1 heterocycles. The molecular formula is C28H32Cl2F3N7O2. The number of likely N-dealkylation sites (N-methyl/N-ethyl adjacent to an activating group) is 1. The van der Waals surface area contributed by atoms with Crippen LogP contribution in [0.1, 0.15) is 36.5 Å². The Balaban J connectivity index is 1.95. The molecule has 4 N–H and O–H groups in total. The van der Waals surface area contributed by atoms with E-state index in [1.54, 1.807) is 19.2 Å². The summed E-state index contributed by atoms with van der Waals surface area (Å²) in [5.74, 6) is -1.40. The number of benzene rings is 2. The van der Waals surface area contributed by atoms with Crippen LogP contribution in [0.2, 0.25) is 10.0 Å². The van der Waals surface area contributed by atoms with E-state index < -0.39 is 30.2 Å². The maximum atomic E-state index is 13.6. The van der Waals surface area contributed by atoms with Gasteiger partial charge in [0.25, 0.3) is 0 Å². The van der Waals surface area contributed by atoms with Crippen LogP contribution < -0.4 is 10.6 Å². The minimum atomic E-state index is -4.58. The lowest BCUT2D eigenvalue weighted by molar-refractivity contribution is -0.137. The third-order valence-electron chi connectivity index (χ3n) is 6.88. The summed E-state index contributed by atoms with van der Waals surface area (Å²) in [6.45, 7) is 3.19. The zero-order valence-electron chi connectivity index (χ0n) is 22.9. The van der Waals surface area contributed by atoms with Crippen LogP contribution in [0.15, 0.2) is 41.4 Å². The fourth-order valence-corrected chi connectivity index (χ4v) is 4.89. The molecule has 1 amide bonds. The van der Waals surface area contributed by atoms with Gasteiger partial charge in [0, 0.05) is 37.0 Å². The number of hydrogen-bond acceptors (Lipinski definition) is 6. The molecular weight excluding hydrogens is 594 g/mol. The molecule has 1 aliphatic heterocycles. The molecule has 0 bridgehead atoms. The zero-order valence-corrected chi connectivity index (χ0v) is 24.5. The van der Waals surface area contributed by atoms with Crippen molar-refractivity contribution in [2.45, 2.75) is 32.5 Å². The first kappa shape index (κ1) is 33.1. The summed E-state index contributed by atoms with van der Waals surface area (Å²) in [6.07, 6.45) is -0.823. The molecule has 0 spiro atoms. The van der Waals surface area contributed by atoms with Gasteiger partial charge in [-0.05, 0) is 68.2 Å². The molecule has 226 valence electrons. The number of nitrogens with one attached hydrogen (secondary N) is 3. The fraction of sp³-hybridized carbons (Fsp3) is 0.429. The number of amides is 1. The molecule has 14 heteroatoms. The van der Waals surface area contributed by atoms with Gasteiger partial charge >= 0.3 is 6.18 Å². The van der Waals surface area contributed by atoms with Gasteiger partial charge in [-0.2, -0.15) is 18.4 Å². The van der Waals surface area contributed by atoms with Crippen LogP contribution in [0.5, 0.6) is 0 Å². The number of nitriles is 1. The molecule has 2 aromatic rings. The predicted octanol–water partition coefficient (Wildman–Crippen LogP) is 4.97. The van der Waals surface area contributed by atoms with Crippen molar-refractivity contribution in [3.63, 3.8) is 0 Å². The molecule has 0 aromatic heterocycles. The van der Waals surface area contributed by atoms with E-state index in [2.05, 4.69) is 20.5 Å². The Bertz CT molecular complexity index is 1340. The maximum Gasteiger partial charge on any atom is 0.416 e. The van der Waals surface area contributed by atoms with Crippen molar-refractivity contribution < 1.29 is 23.1 Å². The van der Waals surface area contributed by atoms with E-state index in [0.717, 1.165) is 38.1 Å². The van der Waals surface area contributed by atoms with E-state index in [0.29, 0.717) is 22.7 Å². The maximum absolute atomic E-state index is 13.6. The monoisotopic (exact) mass is 625 g/mol. The smallest absolute Gasteiger partial charge is 0.387 e. The highest BCUT2D eigenvalue weighted by Gasteiger charge is 2.31. The number of aliphatic imine (C=N–C) groups is 1. The van der Waals surface area contributed by atoms with Gasteiger partial charge in [-0.3, -0.25) is 20.0 Å². The third-order valence-corrected chi connectivity index (χ3v) is 7.62. The van der Waals surface area contributed by atoms with Crippen molar-refractivity contribution in [1.29, 1.82) is 10.7 Å². The average Bonchev–Trinajstić information content (AvgIpc) is 3.47. The number of halogens is 5. The number of nitrogens with zero attached hydrogens (tertiary/aromatic N) is 4. The van der Waals surface area contributed by atoms with E-state index in [1.165, 1.54) is 23.1 Å². The quantitative estimate of drug-likeness (QED) is 0.121. The molecule has 0 aliphatic carbocycles. The molecule has 9 nitrogen and oxygen atoms in total. The van der Waals surface area contributed by atoms with Crippen molar-refractivity contribution in [1.82, 2.24) is 15.1 Å². The molecule has 0 radical (unpaired) electrons. The summed E-state index contributed by atoms with van der Waals surface area (Å²) < 4.78 is 40.7. The summed E-state index contributed by atoms with van der Waals surface area (Å²) in [4.78, 5) is 20.2. The third kappa shape index (κ3) is 9.06. The van der Waals surface area contributed by atoms with Crippen LogP contribution in [0.25, 0.3) is 0 Å². The number of aliphatic hydroxyl groups is 1. The van der Waals surface area contributed by atoms with Gasteiger partial charge in [0.2, 0.25) is 11.9 Å². The van der Waals surface area contributed by atoms with Gasteiger partial charge < -0.3 is 20.7 Å². The van der Waals surface area contributed by atoms with Crippen LogP contribution in [-0.4, -0.2) is 71.8 Å². The Morgan fingerprint density at radius 2 is 1.93 bits per heavy atom. The molecule has 1 atom stereocenters. The van der Waals surface area contributed by atoms with Crippen LogP contribution >= 0.6 is 23.2 Å². The number of alkyl halides is 3. The number of rotatable bonds is 11. The van der Waals surface area contributed by atoms with E-state index in [9.17, 15) is 28.3 Å². The van der Waals surface area contributed by atoms with Gasteiger partial charge in [-0.25, -0.2) is 0 Å². The molecule has 2 aromatic carbocycles. The summed E-state index contributed by atoms with van der Waals surface area (Å²) in [5, 5.41) is 33.3. The number of likely N-dealkylation sites (tertiary alicyclic amines) is 1. The van der Waals surface area contributed by atoms with Crippen molar-refractivity contribution in [2.24, 2.45) is 10.9 Å². The summed E-state index contributed by atoms with van der Waals surface area (Å²) in [6, 6.07) is 8.05. The standard InChI is InChI=1S/C28H32Cl2F3N7O2/c1-2-40(25(42)16-41)15-20(26(35)18-6-8-22(29)23(30)11-18)13-36-27(37-17-34)38-24-12-21(28(31,32)33)7-5-19(24)14-39-9-3-4-10-39/h5-8,11-12,20,35,41H,2-4,9-10,13-16H2,1H3,(H2,36,37,38). The molecule has 1 saturated heterocycles. The number of guanidine groups is 1. The molecule has 3 rings (SSSR count). The minimum Gasteiger partial charge on any atom is -0.387 e. The Morgan fingerprint density at radius 1 is 1.21 bits per heavy atom. The zero-order chi connectivity index (χ0) is 30.9. The van der Waals surface area contributed by atoms with Gasteiger partial charge in [-0.15, -0.1) is 0 Å². The molecule has 0 saturated carbocycles. The van der Waals surface area contributed by atoms with Crippen LogP contribution in [0.4, 0.5) is 18.9 Å². The van der Waals surface area contributed by atoms with Crippen LogP contribution in [0, 0.1) is 22.8 Å². The predicted molar refractivity (Wildman–Crippen MR) is 157 cm³/mol. The first-order chi connectivity index (χ1) is 20.0. The summed E-state index contributed by atoms with van der Waals surface area (Å²) in [7, 11) is 0. The van der Waals surface area contributed by atoms with Crippen LogP contribution in [-0.2, 0) is 17.5 Å². The number of carbonyl (C=O) groups is 1. The minimum absolute atomic E-state index is 0.00206. The van der Waals surface area contributed by atoms with Gasteiger partial charge in [0.1, 0.15) is 6.61 Å². The Hall–Kier alpha value is -3.37. The van der Waals surface area contributed by atoms with Crippen molar-refractivity contribution in [2.75, 3.05) is 44.6 Å². The highest BCUT2D eigenvalue weighted by molar-refractivity contribution is 6.42. The summed E-state index contributed by atoms with van der Waals surface area (Å²) in [5.41, 5.74) is 0.368. The lowest BCUT2D eigenvalue weighted by atomic mass is 9.96. The first-order valence-corrected chi connectivity index (χ1v) is 14.0. The number of aliphatic hydroxyl groups excluding tert-OH is 1. The van der Waals surface area contributed by atoms with Crippen LogP contribution in [0.3, 0.4) is 0 Å². The lowest BCUT2D eigenvalue weighted by Gasteiger charge is -2.26. The Labute approximate surface area is 252 Å². The fourth-order valence-electron chi connectivity index (χ4n) is 4.59. The lowest BCUT2D eigenvalue weighted by Crippen LogP contribution is -2.40. The molecule has 1 aliphatic rings. The molecule has 1 fully saturated rings. The number of anilines is 1. The normalized spacial score (nSPS) is 14.8. The number of hydrogen-bond donors (Lipinski definition) is 4. The Morgan fingerprint density at radius 3 is 2.52 bits per heavy atom. The SMILES string of the molecule is CCN(CC(CN=C(NC#N)Nc1cc(C(F)(F)F)ccc1CN1CCCC1)C(=N)c1ccc(Cl)c(Cl)c1)C(=O)CO. The largest absolute Gasteiger partial charge is 0.416 e. The highest BCUT2D eigenvalue weighted by atomic mass is 35.5. The van der Waals surface area contributed by atoms with Gasteiger partial charge in [0.05, 0.1) is 22.2 Å². The number of carbonyl (C=O) groups excluding carboxylic acids is 1.